The van der Waals surface area contributed by atoms with E-state index >= 15 is 0 Å². The predicted molar refractivity (Wildman–Crippen MR) is 105 cm³/mol. The van der Waals surface area contributed by atoms with E-state index in [2.05, 4.69) is 10.6 Å². The van der Waals surface area contributed by atoms with E-state index < -0.39 is 17.5 Å². The molecule has 0 aliphatic carbocycles. The molecular weight excluding hydrogens is 382 g/mol. The van der Waals surface area contributed by atoms with Gasteiger partial charge >= 0.3 is 6.03 Å². The van der Waals surface area contributed by atoms with Gasteiger partial charge in [-0.25, -0.2) is 4.79 Å². The molecule has 1 saturated heterocycles. The lowest BCUT2D eigenvalue weighted by Gasteiger charge is -2.22. The van der Waals surface area contributed by atoms with Crippen LogP contribution in [0.4, 0.5) is 4.79 Å². The van der Waals surface area contributed by atoms with Gasteiger partial charge in [-0.1, -0.05) is 25.4 Å². The summed E-state index contributed by atoms with van der Waals surface area (Å²) in [7, 11) is 0. The maximum absolute atomic E-state index is 12.5. The van der Waals surface area contributed by atoms with Gasteiger partial charge in [0.15, 0.2) is 0 Å². The van der Waals surface area contributed by atoms with Crippen molar-refractivity contribution in [1.29, 1.82) is 0 Å². The van der Waals surface area contributed by atoms with E-state index in [9.17, 15) is 14.4 Å². The Morgan fingerprint density at radius 2 is 1.82 bits per heavy atom. The Morgan fingerprint density at radius 3 is 2.43 bits per heavy atom. The zero-order valence-electron chi connectivity index (χ0n) is 15.8. The average molecular weight is 404 g/mol. The van der Waals surface area contributed by atoms with E-state index in [1.807, 2.05) is 26.0 Å². The highest BCUT2D eigenvalue weighted by Crippen LogP contribution is 2.25. The van der Waals surface area contributed by atoms with Crippen LogP contribution in [0.15, 0.2) is 40.8 Å². The predicted octanol–water partition coefficient (Wildman–Crippen LogP) is 3.33. The largest absolute Gasteiger partial charge is 0.459 e. The van der Waals surface area contributed by atoms with Crippen molar-refractivity contribution in [3.05, 3.63) is 47.2 Å². The first-order chi connectivity index (χ1) is 13.4. The molecular formula is C20H22ClN3O4. The van der Waals surface area contributed by atoms with Crippen LogP contribution in [0.3, 0.4) is 0 Å². The molecule has 0 spiro atoms. The van der Waals surface area contributed by atoms with Gasteiger partial charge in [0.25, 0.3) is 5.91 Å². The number of nitrogens with zero attached hydrogens (tertiary/aromatic N) is 1. The second-order valence-electron chi connectivity index (χ2n) is 6.66. The zero-order chi connectivity index (χ0) is 20.3. The SMILES string of the molecule is CCC1(CC)NC(=O)N(CC(=O)NCc2ccc(-c3ccc(Cl)cc3)o2)C1=O. The summed E-state index contributed by atoms with van der Waals surface area (Å²) >= 11 is 5.88. The van der Waals surface area contributed by atoms with Crippen molar-refractivity contribution in [2.24, 2.45) is 0 Å². The highest BCUT2D eigenvalue weighted by molar-refractivity contribution is 6.30. The molecule has 0 radical (unpaired) electrons. The lowest BCUT2D eigenvalue weighted by atomic mass is 9.93. The van der Waals surface area contributed by atoms with Crippen molar-refractivity contribution in [1.82, 2.24) is 15.5 Å². The molecule has 2 N–H and O–H groups in total. The molecule has 2 aromatic rings. The Morgan fingerprint density at radius 1 is 1.14 bits per heavy atom. The van der Waals surface area contributed by atoms with Crippen LogP contribution in [-0.4, -0.2) is 34.8 Å². The van der Waals surface area contributed by atoms with Crippen LogP contribution >= 0.6 is 11.6 Å². The molecule has 8 heteroatoms. The highest BCUT2D eigenvalue weighted by Gasteiger charge is 2.49. The van der Waals surface area contributed by atoms with Gasteiger partial charge in [-0.3, -0.25) is 14.5 Å². The summed E-state index contributed by atoms with van der Waals surface area (Å²) in [4.78, 5) is 37.8. The van der Waals surface area contributed by atoms with Crippen molar-refractivity contribution in [3.8, 4) is 11.3 Å². The fourth-order valence-electron chi connectivity index (χ4n) is 3.18. The number of urea groups is 1. The molecule has 1 fully saturated rings. The van der Waals surface area contributed by atoms with Crippen LogP contribution in [0.2, 0.25) is 5.02 Å². The molecule has 0 bridgehead atoms. The second-order valence-corrected chi connectivity index (χ2v) is 7.10. The number of halogens is 1. The zero-order valence-corrected chi connectivity index (χ0v) is 16.5. The molecule has 0 atom stereocenters. The minimum absolute atomic E-state index is 0.156. The summed E-state index contributed by atoms with van der Waals surface area (Å²) in [5.74, 6) is 0.425. The Balaban J connectivity index is 1.57. The smallest absolute Gasteiger partial charge is 0.325 e. The quantitative estimate of drug-likeness (QED) is 0.693. The summed E-state index contributed by atoms with van der Waals surface area (Å²) < 4.78 is 5.72. The van der Waals surface area contributed by atoms with Crippen molar-refractivity contribution in [2.45, 2.75) is 38.8 Å². The van der Waals surface area contributed by atoms with Gasteiger partial charge < -0.3 is 15.1 Å². The number of carbonyl (C=O) groups is 3. The molecule has 4 amide bonds. The van der Waals surface area contributed by atoms with Crippen LogP contribution in [0.5, 0.6) is 0 Å². The Bertz CT molecular complexity index is 887. The Labute approximate surface area is 168 Å². The van der Waals surface area contributed by atoms with E-state index in [1.54, 1.807) is 24.3 Å². The van der Waals surface area contributed by atoms with Gasteiger partial charge in [0.2, 0.25) is 5.91 Å². The van der Waals surface area contributed by atoms with Crippen LogP contribution in [-0.2, 0) is 16.1 Å². The van der Waals surface area contributed by atoms with E-state index in [1.165, 1.54) is 0 Å². The molecule has 3 rings (SSSR count). The minimum Gasteiger partial charge on any atom is -0.459 e. The average Bonchev–Trinajstić information content (AvgIpc) is 3.25. The summed E-state index contributed by atoms with van der Waals surface area (Å²) in [6, 6.07) is 10.3. The minimum atomic E-state index is -0.911. The van der Waals surface area contributed by atoms with Gasteiger partial charge in [0.05, 0.1) is 6.54 Å². The van der Waals surface area contributed by atoms with Gasteiger partial charge in [0, 0.05) is 10.6 Å². The number of hydrogen-bond donors (Lipinski definition) is 2. The van der Waals surface area contributed by atoms with Crippen molar-refractivity contribution < 1.29 is 18.8 Å². The number of benzene rings is 1. The van der Waals surface area contributed by atoms with Crippen LogP contribution in [0, 0.1) is 0 Å². The molecule has 1 aromatic heterocycles. The van der Waals surface area contributed by atoms with Crippen LogP contribution < -0.4 is 10.6 Å². The topological polar surface area (TPSA) is 91.7 Å². The fourth-order valence-corrected chi connectivity index (χ4v) is 3.30. The van der Waals surface area contributed by atoms with E-state index in [4.69, 9.17) is 16.0 Å². The van der Waals surface area contributed by atoms with Crippen molar-refractivity contribution >= 4 is 29.4 Å². The number of imide groups is 1. The van der Waals surface area contributed by atoms with Gasteiger partial charge in [0.1, 0.15) is 23.6 Å². The normalized spacial score (nSPS) is 15.6. The monoisotopic (exact) mass is 403 g/mol. The van der Waals surface area contributed by atoms with Gasteiger partial charge in [-0.15, -0.1) is 0 Å². The third kappa shape index (κ3) is 3.89. The summed E-state index contributed by atoms with van der Waals surface area (Å²) in [5.41, 5.74) is -0.0388. The molecule has 1 aromatic carbocycles. The molecule has 7 nitrogen and oxygen atoms in total. The third-order valence-corrected chi connectivity index (χ3v) is 5.26. The third-order valence-electron chi connectivity index (χ3n) is 5.00. The molecule has 2 heterocycles. The van der Waals surface area contributed by atoms with Crippen LogP contribution in [0.25, 0.3) is 11.3 Å². The standard InChI is InChI=1S/C20H22ClN3O4/c1-3-20(4-2)18(26)24(19(27)23-20)12-17(25)22-11-15-9-10-16(28-15)13-5-7-14(21)8-6-13/h5-10H,3-4,11-12H2,1-2H3,(H,22,25)(H,23,27). The second kappa shape index (κ2) is 8.06. The highest BCUT2D eigenvalue weighted by atomic mass is 35.5. The number of carbonyl (C=O) groups excluding carboxylic acids is 3. The van der Waals surface area contributed by atoms with E-state index in [0.717, 1.165) is 10.5 Å². The molecule has 1 aliphatic rings. The maximum Gasteiger partial charge on any atom is 0.325 e. The maximum atomic E-state index is 12.5. The summed E-state index contributed by atoms with van der Waals surface area (Å²) in [6.45, 7) is 3.50. The molecule has 1 aliphatic heterocycles. The lowest BCUT2D eigenvalue weighted by Crippen LogP contribution is -2.46. The first-order valence-electron chi connectivity index (χ1n) is 9.14. The summed E-state index contributed by atoms with van der Waals surface area (Å²) in [5, 5.41) is 6.01. The first-order valence-corrected chi connectivity index (χ1v) is 9.52. The lowest BCUT2D eigenvalue weighted by molar-refractivity contribution is -0.135. The van der Waals surface area contributed by atoms with Crippen molar-refractivity contribution in [3.63, 3.8) is 0 Å². The first kappa shape index (κ1) is 19.9. The molecule has 0 unspecified atom stereocenters. The number of nitrogens with one attached hydrogen (secondary N) is 2. The number of amides is 4. The number of rotatable bonds is 7. The van der Waals surface area contributed by atoms with E-state index in [-0.39, 0.29) is 19.0 Å². The van der Waals surface area contributed by atoms with Crippen LogP contribution in [0.1, 0.15) is 32.4 Å². The molecule has 148 valence electrons. The summed E-state index contributed by atoms with van der Waals surface area (Å²) in [6.07, 6.45) is 0.956. The Hall–Kier alpha value is -2.80. The van der Waals surface area contributed by atoms with Gasteiger partial charge in [-0.05, 0) is 49.2 Å². The molecule has 28 heavy (non-hydrogen) atoms. The Kier molecular flexibility index (Phi) is 5.74. The fraction of sp³-hybridized carbons (Fsp3) is 0.350. The van der Waals surface area contributed by atoms with E-state index in [0.29, 0.717) is 29.4 Å². The number of hydrogen-bond acceptors (Lipinski definition) is 4. The van der Waals surface area contributed by atoms with Crippen molar-refractivity contribution in [2.75, 3.05) is 6.54 Å². The van der Waals surface area contributed by atoms with Gasteiger partial charge in [-0.2, -0.15) is 0 Å². The molecule has 0 saturated carbocycles. The number of furan rings is 1.